The molecular formula is C17H27NO. The second-order valence-corrected chi connectivity index (χ2v) is 6.01. The van der Waals surface area contributed by atoms with Crippen molar-refractivity contribution in [2.24, 2.45) is 11.7 Å². The molecule has 0 aliphatic heterocycles. The van der Waals surface area contributed by atoms with Crippen LogP contribution in [0.5, 0.6) is 0 Å². The Hall–Kier alpha value is -0.860. The highest BCUT2D eigenvalue weighted by molar-refractivity contribution is 5.32. The third kappa shape index (κ3) is 4.32. The highest BCUT2D eigenvalue weighted by atomic mass is 16.5. The summed E-state index contributed by atoms with van der Waals surface area (Å²) in [6.07, 6.45) is 6.81. The van der Waals surface area contributed by atoms with E-state index in [9.17, 15) is 0 Å². The molecule has 1 aromatic carbocycles. The van der Waals surface area contributed by atoms with E-state index in [-0.39, 0.29) is 6.04 Å². The smallest absolute Gasteiger partial charge is 0.0659 e. The topological polar surface area (TPSA) is 35.2 Å². The first-order valence-electron chi connectivity index (χ1n) is 7.57. The van der Waals surface area contributed by atoms with E-state index in [2.05, 4.69) is 32.0 Å². The van der Waals surface area contributed by atoms with Gasteiger partial charge >= 0.3 is 0 Å². The molecule has 2 rings (SSSR count). The minimum atomic E-state index is 0.00323. The number of nitrogens with two attached hydrogens (primary N) is 1. The molecule has 19 heavy (non-hydrogen) atoms. The van der Waals surface area contributed by atoms with Crippen LogP contribution in [0, 0.1) is 19.8 Å². The number of rotatable bonds is 5. The van der Waals surface area contributed by atoms with Gasteiger partial charge in [-0.15, -0.1) is 0 Å². The van der Waals surface area contributed by atoms with Gasteiger partial charge in [0, 0.05) is 6.61 Å². The minimum Gasteiger partial charge on any atom is -0.379 e. The maximum atomic E-state index is 6.26. The van der Waals surface area contributed by atoms with Crippen LogP contribution in [0.15, 0.2) is 18.2 Å². The van der Waals surface area contributed by atoms with Gasteiger partial charge in [-0.05, 0) is 43.7 Å². The van der Waals surface area contributed by atoms with E-state index in [0.717, 1.165) is 12.5 Å². The SMILES string of the molecule is Cc1ccc(C)c(C(N)COCC2CCCCC2)c1. The Morgan fingerprint density at radius 1 is 1.21 bits per heavy atom. The fraction of sp³-hybridized carbons (Fsp3) is 0.647. The van der Waals surface area contributed by atoms with Crippen molar-refractivity contribution >= 4 is 0 Å². The maximum Gasteiger partial charge on any atom is 0.0659 e. The third-order valence-corrected chi connectivity index (χ3v) is 4.21. The van der Waals surface area contributed by atoms with Crippen molar-refractivity contribution < 1.29 is 4.74 Å². The van der Waals surface area contributed by atoms with Crippen LogP contribution in [-0.4, -0.2) is 13.2 Å². The van der Waals surface area contributed by atoms with Gasteiger partial charge in [0.25, 0.3) is 0 Å². The second-order valence-electron chi connectivity index (χ2n) is 6.01. The van der Waals surface area contributed by atoms with E-state index in [1.165, 1.54) is 48.8 Å². The zero-order valence-electron chi connectivity index (χ0n) is 12.3. The van der Waals surface area contributed by atoms with Crippen LogP contribution >= 0.6 is 0 Å². The molecule has 1 fully saturated rings. The molecule has 2 heteroatoms. The first-order chi connectivity index (χ1) is 9.16. The zero-order chi connectivity index (χ0) is 13.7. The summed E-state index contributed by atoms with van der Waals surface area (Å²) in [5, 5.41) is 0. The lowest BCUT2D eigenvalue weighted by atomic mass is 9.90. The van der Waals surface area contributed by atoms with Crippen molar-refractivity contribution in [3.05, 3.63) is 34.9 Å². The summed E-state index contributed by atoms with van der Waals surface area (Å²) in [7, 11) is 0. The van der Waals surface area contributed by atoms with Crippen LogP contribution in [0.3, 0.4) is 0 Å². The number of hydrogen-bond donors (Lipinski definition) is 1. The van der Waals surface area contributed by atoms with Crippen molar-refractivity contribution in [3.63, 3.8) is 0 Å². The number of benzene rings is 1. The molecule has 1 aliphatic rings. The van der Waals surface area contributed by atoms with Crippen LogP contribution < -0.4 is 5.73 Å². The van der Waals surface area contributed by atoms with Gasteiger partial charge in [0.15, 0.2) is 0 Å². The zero-order valence-corrected chi connectivity index (χ0v) is 12.3. The number of hydrogen-bond acceptors (Lipinski definition) is 2. The highest BCUT2D eigenvalue weighted by Crippen LogP contribution is 2.24. The van der Waals surface area contributed by atoms with Crippen LogP contribution in [0.4, 0.5) is 0 Å². The van der Waals surface area contributed by atoms with E-state index in [1.54, 1.807) is 0 Å². The lowest BCUT2D eigenvalue weighted by Crippen LogP contribution is -2.21. The fourth-order valence-electron chi connectivity index (χ4n) is 2.96. The van der Waals surface area contributed by atoms with E-state index < -0.39 is 0 Å². The van der Waals surface area contributed by atoms with Gasteiger partial charge < -0.3 is 10.5 Å². The first-order valence-corrected chi connectivity index (χ1v) is 7.57. The monoisotopic (exact) mass is 261 g/mol. The van der Waals surface area contributed by atoms with Crippen molar-refractivity contribution in [3.8, 4) is 0 Å². The van der Waals surface area contributed by atoms with Crippen molar-refractivity contribution in [2.45, 2.75) is 52.0 Å². The molecule has 1 aromatic rings. The molecule has 0 heterocycles. The summed E-state index contributed by atoms with van der Waals surface area (Å²) in [5.74, 6) is 0.763. The van der Waals surface area contributed by atoms with Crippen LogP contribution in [0.1, 0.15) is 54.8 Å². The van der Waals surface area contributed by atoms with Gasteiger partial charge in [0.05, 0.1) is 12.6 Å². The van der Waals surface area contributed by atoms with Gasteiger partial charge in [-0.2, -0.15) is 0 Å². The molecule has 1 atom stereocenters. The fourth-order valence-corrected chi connectivity index (χ4v) is 2.96. The van der Waals surface area contributed by atoms with E-state index in [4.69, 9.17) is 10.5 Å². The Balaban J connectivity index is 1.80. The van der Waals surface area contributed by atoms with E-state index in [1.807, 2.05) is 0 Å². The number of ether oxygens (including phenoxy) is 1. The lowest BCUT2D eigenvalue weighted by molar-refractivity contribution is 0.0758. The predicted molar refractivity (Wildman–Crippen MR) is 80.2 cm³/mol. The molecule has 1 unspecified atom stereocenters. The predicted octanol–water partition coefficient (Wildman–Crippen LogP) is 3.90. The van der Waals surface area contributed by atoms with Crippen LogP contribution in [0.25, 0.3) is 0 Å². The molecule has 106 valence electrons. The third-order valence-electron chi connectivity index (χ3n) is 4.21. The van der Waals surface area contributed by atoms with Crippen molar-refractivity contribution in [1.82, 2.24) is 0 Å². The average Bonchev–Trinajstić information content (AvgIpc) is 2.42. The second kappa shape index (κ2) is 7.06. The van der Waals surface area contributed by atoms with Crippen molar-refractivity contribution in [1.29, 1.82) is 0 Å². The highest BCUT2D eigenvalue weighted by Gasteiger charge is 2.15. The molecule has 0 amide bonds. The molecule has 2 nitrogen and oxygen atoms in total. The quantitative estimate of drug-likeness (QED) is 0.872. The van der Waals surface area contributed by atoms with Gasteiger partial charge in [-0.25, -0.2) is 0 Å². The molecule has 0 aromatic heterocycles. The summed E-state index contributed by atoms with van der Waals surface area (Å²) in [4.78, 5) is 0. The van der Waals surface area contributed by atoms with Gasteiger partial charge in [0.2, 0.25) is 0 Å². The summed E-state index contributed by atoms with van der Waals surface area (Å²) in [6.45, 7) is 5.76. The van der Waals surface area contributed by atoms with Gasteiger partial charge in [0.1, 0.15) is 0 Å². The largest absolute Gasteiger partial charge is 0.379 e. The normalized spacial score (nSPS) is 18.5. The standard InChI is InChI=1S/C17H27NO/c1-13-8-9-14(2)16(10-13)17(18)12-19-11-15-6-4-3-5-7-15/h8-10,15,17H,3-7,11-12,18H2,1-2H3. The molecular weight excluding hydrogens is 234 g/mol. The Morgan fingerprint density at radius 2 is 1.95 bits per heavy atom. The Morgan fingerprint density at radius 3 is 2.68 bits per heavy atom. The Kier molecular flexibility index (Phi) is 5.41. The van der Waals surface area contributed by atoms with Crippen LogP contribution in [-0.2, 0) is 4.74 Å². The molecule has 0 bridgehead atoms. The first kappa shape index (κ1) is 14.5. The molecule has 2 N–H and O–H groups in total. The Bertz CT molecular complexity index is 396. The summed E-state index contributed by atoms with van der Waals surface area (Å²) >= 11 is 0. The summed E-state index contributed by atoms with van der Waals surface area (Å²) < 4.78 is 5.86. The van der Waals surface area contributed by atoms with E-state index >= 15 is 0 Å². The molecule has 0 saturated heterocycles. The van der Waals surface area contributed by atoms with Gasteiger partial charge in [-0.1, -0.05) is 43.0 Å². The lowest BCUT2D eigenvalue weighted by Gasteiger charge is -2.22. The molecule has 0 spiro atoms. The molecule has 0 radical (unpaired) electrons. The average molecular weight is 261 g/mol. The minimum absolute atomic E-state index is 0.00323. The molecule has 1 aliphatic carbocycles. The Labute approximate surface area is 117 Å². The summed E-state index contributed by atoms with van der Waals surface area (Å²) in [6, 6.07) is 6.47. The number of aryl methyl sites for hydroxylation is 2. The van der Waals surface area contributed by atoms with Crippen LogP contribution in [0.2, 0.25) is 0 Å². The van der Waals surface area contributed by atoms with Gasteiger partial charge in [-0.3, -0.25) is 0 Å². The van der Waals surface area contributed by atoms with E-state index in [0.29, 0.717) is 6.61 Å². The maximum absolute atomic E-state index is 6.26. The van der Waals surface area contributed by atoms with Crippen molar-refractivity contribution in [2.75, 3.05) is 13.2 Å². The summed E-state index contributed by atoms with van der Waals surface area (Å²) in [5.41, 5.74) is 10.0. The molecule has 1 saturated carbocycles.